The summed E-state index contributed by atoms with van der Waals surface area (Å²) in [5.74, 6) is 0. The van der Waals surface area contributed by atoms with Crippen LogP contribution in [0.5, 0.6) is 0 Å². The van der Waals surface area contributed by atoms with Gasteiger partial charge in [0.05, 0.1) is 0 Å². The van der Waals surface area contributed by atoms with E-state index in [1.165, 1.54) is 0 Å². The van der Waals surface area contributed by atoms with E-state index in [1.54, 1.807) is 15.9 Å². The van der Waals surface area contributed by atoms with Gasteiger partial charge in [-0.1, -0.05) is 0 Å². The zero-order valence-corrected chi connectivity index (χ0v) is 5.26. The first-order valence-corrected chi connectivity index (χ1v) is 2.97. The fraction of sp³-hybridized carbons (Fsp3) is 1.00. The topological polar surface area (TPSA) is 40.1 Å². The van der Waals surface area contributed by atoms with E-state index < -0.39 is 15.2 Å². The normalized spacial score (nSPS) is 16.6. The smallest absolute Gasteiger partial charge is 0.364 e. The minimum Gasteiger partial charge on any atom is -0.767 e. The van der Waals surface area contributed by atoms with Crippen molar-refractivity contribution in [3.8, 4) is 0 Å². The van der Waals surface area contributed by atoms with Crippen LogP contribution in [-0.2, 0) is 11.1 Å². The molecule has 0 N–H and O–H groups in total. The van der Waals surface area contributed by atoms with Gasteiger partial charge in [0.1, 0.15) is 0 Å². The summed E-state index contributed by atoms with van der Waals surface area (Å²) in [7, 11) is 0. The Balaban J connectivity index is 3.79. The molecule has 0 saturated heterocycles. The molecule has 0 aliphatic rings. The van der Waals surface area contributed by atoms with Crippen LogP contribution in [0.25, 0.3) is 0 Å². The lowest BCUT2D eigenvalue weighted by Crippen LogP contribution is -2.12. The first-order valence-electron chi connectivity index (χ1n) is 1.10. The first kappa shape index (κ1) is 7.45. The van der Waals surface area contributed by atoms with Gasteiger partial charge in [0, 0.05) is 27.0 Å². The summed E-state index contributed by atoms with van der Waals surface area (Å²) in [6.07, 6.45) is 0. The van der Waals surface area contributed by atoms with Gasteiger partial charge in [0.2, 0.25) is 0 Å². The molecule has 0 aromatic rings. The molecule has 0 saturated carbocycles. The number of hydrogen-bond donors (Lipinski definition) is 0. The summed E-state index contributed by atoms with van der Waals surface area (Å²) >= 11 is -1.75. The Bertz CT molecular complexity index is 88.2. The standard InChI is InChI=1S/CHBrF2O2S/c2-1(3,4)7(5)6/h(H,5,6)/p-1. The van der Waals surface area contributed by atoms with E-state index in [9.17, 15) is 17.5 Å². The number of alkyl halides is 3. The van der Waals surface area contributed by atoms with Crippen molar-refractivity contribution in [3.05, 3.63) is 0 Å². The molecule has 6 heteroatoms. The maximum absolute atomic E-state index is 11.1. The van der Waals surface area contributed by atoms with Crippen molar-refractivity contribution in [2.75, 3.05) is 0 Å². The molecule has 0 fully saturated rings. The van der Waals surface area contributed by atoms with Crippen molar-refractivity contribution in [1.82, 2.24) is 0 Å². The Morgan fingerprint density at radius 1 is 1.71 bits per heavy atom. The molecule has 0 rings (SSSR count). The van der Waals surface area contributed by atoms with Crippen LogP contribution in [-0.4, -0.2) is 12.9 Å². The molecule has 2 nitrogen and oxygen atoms in total. The molecule has 0 spiro atoms. The summed E-state index contributed by atoms with van der Waals surface area (Å²) in [6.45, 7) is 0. The van der Waals surface area contributed by atoms with Crippen molar-refractivity contribution in [3.63, 3.8) is 0 Å². The molecular weight excluding hydrogens is 194 g/mol. The maximum atomic E-state index is 11.1. The van der Waals surface area contributed by atoms with Gasteiger partial charge in [-0.15, -0.1) is 0 Å². The third kappa shape index (κ3) is 3.07. The summed E-state index contributed by atoms with van der Waals surface area (Å²) < 4.78 is 37.0. The highest BCUT2D eigenvalue weighted by molar-refractivity contribution is 9.11. The molecule has 1 atom stereocenters. The van der Waals surface area contributed by atoms with Gasteiger partial charge in [-0.05, 0) is 0 Å². The highest BCUT2D eigenvalue weighted by Gasteiger charge is 2.24. The first-order chi connectivity index (χ1) is 2.94. The van der Waals surface area contributed by atoms with Gasteiger partial charge in [-0.25, -0.2) is 0 Å². The zero-order valence-electron chi connectivity index (χ0n) is 2.86. The van der Waals surface area contributed by atoms with Crippen molar-refractivity contribution in [2.24, 2.45) is 0 Å². The van der Waals surface area contributed by atoms with Crippen molar-refractivity contribution in [1.29, 1.82) is 0 Å². The molecule has 44 valence electrons. The molecule has 0 aliphatic carbocycles. The monoisotopic (exact) mass is 193 g/mol. The van der Waals surface area contributed by atoms with Crippen LogP contribution in [0.2, 0.25) is 0 Å². The van der Waals surface area contributed by atoms with E-state index in [0.29, 0.717) is 0 Å². The second-order valence-electron chi connectivity index (χ2n) is 0.680. The molecular formula is CBrF2O2S-. The summed E-state index contributed by atoms with van der Waals surface area (Å²) in [4.78, 5) is 0. The predicted molar refractivity (Wildman–Crippen MR) is 22.8 cm³/mol. The average Bonchev–Trinajstić information content (AvgIpc) is 1.31. The second kappa shape index (κ2) is 2.15. The van der Waals surface area contributed by atoms with Crippen LogP contribution >= 0.6 is 15.9 Å². The van der Waals surface area contributed by atoms with Crippen LogP contribution in [0.3, 0.4) is 0 Å². The second-order valence-corrected chi connectivity index (χ2v) is 3.18. The van der Waals surface area contributed by atoms with E-state index in [2.05, 4.69) is 0 Å². The van der Waals surface area contributed by atoms with Crippen molar-refractivity contribution >= 4 is 27.0 Å². The molecule has 0 aliphatic heterocycles. The summed E-state index contributed by atoms with van der Waals surface area (Å²) in [6, 6.07) is 0. The quantitative estimate of drug-likeness (QED) is 0.457. The minimum atomic E-state index is -3.77. The fourth-order valence-corrected chi connectivity index (χ4v) is 0. The summed E-state index contributed by atoms with van der Waals surface area (Å²) in [5, 5.41) is 0. The van der Waals surface area contributed by atoms with E-state index >= 15 is 0 Å². The zero-order chi connectivity index (χ0) is 6.08. The SMILES string of the molecule is O=S([O-])C(F)(F)Br. The molecule has 7 heavy (non-hydrogen) atoms. The Labute approximate surface area is 49.3 Å². The Kier molecular flexibility index (Phi) is 2.28. The highest BCUT2D eigenvalue weighted by Crippen LogP contribution is 2.23. The fourth-order valence-electron chi connectivity index (χ4n) is 0. The molecule has 0 heterocycles. The highest BCUT2D eigenvalue weighted by atomic mass is 79.9. The van der Waals surface area contributed by atoms with E-state index in [4.69, 9.17) is 0 Å². The van der Waals surface area contributed by atoms with Gasteiger partial charge >= 0.3 is 4.16 Å². The molecule has 0 aromatic heterocycles. The lowest BCUT2D eigenvalue weighted by atomic mass is 11.7. The molecule has 0 aromatic carbocycles. The van der Waals surface area contributed by atoms with Crippen molar-refractivity contribution < 1.29 is 17.5 Å². The maximum Gasteiger partial charge on any atom is 0.364 e. The van der Waals surface area contributed by atoms with Crippen LogP contribution in [0, 0.1) is 0 Å². The van der Waals surface area contributed by atoms with Crippen LogP contribution in [0.1, 0.15) is 0 Å². The lowest BCUT2D eigenvalue weighted by molar-refractivity contribution is 0.199. The Morgan fingerprint density at radius 3 is 1.86 bits per heavy atom. The van der Waals surface area contributed by atoms with Gasteiger partial charge < -0.3 is 4.55 Å². The van der Waals surface area contributed by atoms with Crippen LogP contribution in [0.15, 0.2) is 0 Å². The lowest BCUT2D eigenvalue weighted by Gasteiger charge is -2.09. The van der Waals surface area contributed by atoms with Gasteiger partial charge in [-0.2, -0.15) is 8.78 Å². The predicted octanol–water partition coefficient (Wildman–Crippen LogP) is 0.811. The molecule has 0 radical (unpaired) electrons. The van der Waals surface area contributed by atoms with E-state index in [0.717, 1.165) is 0 Å². The van der Waals surface area contributed by atoms with Crippen molar-refractivity contribution in [2.45, 2.75) is 4.16 Å². The van der Waals surface area contributed by atoms with Gasteiger partial charge in [-0.3, -0.25) is 4.21 Å². The van der Waals surface area contributed by atoms with Crippen LogP contribution < -0.4 is 0 Å². The largest absolute Gasteiger partial charge is 0.767 e. The van der Waals surface area contributed by atoms with Gasteiger partial charge in [0.15, 0.2) is 0 Å². The van der Waals surface area contributed by atoms with Crippen LogP contribution in [0.4, 0.5) is 8.78 Å². The third-order valence-corrected chi connectivity index (χ3v) is 1.36. The van der Waals surface area contributed by atoms with E-state index in [-0.39, 0.29) is 0 Å². The number of halogens is 3. The molecule has 0 amide bonds. The molecule has 0 bridgehead atoms. The molecule has 1 unspecified atom stereocenters. The summed E-state index contributed by atoms with van der Waals surface area (Å²) in [5.41, 5.74) is 0. The Morgan fingerprint density at radius 2 is 1.86 bits per heavy atom. The van der Waals surface area contributed by atoms with Gasteiger partial charge in [0.25, 0.3) is 0 Å². The number of hydrogen-bond acceptors (Lipinski definition) is 2. The third-order valence-electron chi connectivity index (χ3n) is 0.189. The minimum absolute atomic E-state index is 1.60. The number of rotatable bonds is 1. The van der Waals surface area contributed by atoms with E-state index in [1.807, 2.05) is 0 Å². The average molecular weight is 194 g/mol. The Hall–Kier alpha value is 0.450.